The number of nitrogens with zero attached hydrogens (tertiary/aromatic N) is 5. The standard InChI is InChI=1S/C21H21N5O2/c1-3-13(2)26-21(19-16-12-27-9-8-18(16)28-25-19)23-20(24-26)17-10-14-6-4-5-7-15(14)11-22-17/h4-7,10-11,13H,3,8-9,12H2,1-2H3. The zero-order valence-corrected chi connectivity index (χ0v) is 15.9. The van der Waals surface area contributed by atoms with Gasteiger partial charge in [-0.2, -0.15) is 0 Å². The van der Waals surface area contributed by atoms with Gasteiger partial charge in [0, 0.05) is 18.0 Å². The van der Waals surface area contributed by atoms with Crippen LogP contribution >= 0.6 is 0 Å². The zero-order valence-electron chi connectivity index (χ0n) is 15.9. The van der Waals surface area contributed by atoms with Crippen LogP contribution in [0.1, 0.15) is 37.6 Å². The summed E-state index contributed by atoms with van der Waals surface area (Å²) in [6.07, 6.45) is 3.52. The third kappa shape index (κ3) is 2.79. The predicted octanol–water partition coefficient (Wildman–Crippen LogP) is 4.19. The Kier molecular flexibility index (Phi) is 4.16. The molecule has 0 N–H and O–H groups in total. The van der Waals surface area contributed by atoms with E-state index in [-0.39, 0.29) is 6.04 Å². The summed E-state index contributed by atoms with van der Waals surface area (Å²) in [6, 6.07) is 10.3. The van der Waals surface area contributed by atoms with Crippen LogP contribution in [0.2, 0.25) is 0 Å². The molecule has 0 bridgehead atoms. The van der Waals surface area contributed by atoms with Crippen molar-refractivity contribution in [3.05, 3.63) is 47.9 Å². The van der Waals surface area contributed by atoms with Crippen molar-refractivity contribution in [2.24, 2.45) is 0 Å². The molecule has 4 heterocycles. The van der Waals surface area contributed by atoms with Crippen molar-refractivity contribution in [3.63, 3.8) is 0 Å². The molecule has 0 saturated carbocycles. The molecule has 0 aliphatic carbocycles. The molecule has 0 radical (unpaired) electrons. The Hall–Kier alpha value is -3.06. The van der Waals surface area contributed by atoms with Gasteiger partial charge in [0.25, 0.3) is 0 Å². The summed E-state index contributed by atoms with van der Waals surface area (Å²) in [5.41, 5.74) is 2.44. The average molecular weight is 375 g/mol. The number of fused-ring (bicyclic) bond motifs is 2. The molecule has 0 fully saturated rings. The summed E-state index contributed by atoms with van der Waals surface area (Å²) in [5.74, 6) is 2.18. The molecule has 1 aromatic carbocycles. The maximum absolute atomic E-state index is 5.61. The van der Waals surface area contributed by atoms with Gasteiger partial charge in [-0.25, -0.2) is 9.67 Å². The molecule has 5 rings (SSSR count). The van der Waals surface area contributed by atoms with Crippen LogP contribution in [0, 0.1) is 0 Å². The molecule has 0 spiro atoms. The Labute approximate surface area is 162 Å². The van der Waals surface area contributed by atoms with E-state index in [2.05, 4.69) is 30.1 Å². The van der Waals surface area contributed by atoms with Crippen molar-refractivity contribution in [3.8, 4) is 23.0 Å². The second-order valence-corrected chi connectivity index (χ2v) is 7.11. The minimum Gasteiger partial charge on any atom is -0.376 e. The normalized spacial score (nSPS) is 14.9. The second kappa shape index (κ2) is 6.83. The zero-order chi connectivity index (χ0) is 19.1. The van der Waals surface area contributed by atoms with Gasteiger partial charge in [0.2, 0.25) is 0 Å². The van der Waals surface area contributed by atoms with E-state index in [0.717, 1.165) is 46.3 Å². The maximum Gasteiger partial charge on any atom is 0.200 e. The van der Waals surface area contributed by atoms with E-state index < -0.39 is 0 Å². The van der Waals surface area contributed by atoms with E-state index in [1.165, 1.54) is 0 Å². The van der Waals surface area contributed by atoms with E-state index in [1.54, 1.807) is 0 Å². The first-order chi connectivity index (χ1) is 13.7. The third-order valence-corrected chi connectivity index (χ3v) is 5.30. The first-order valence-electron chi connectivity index (χ1n) is 9.62. The highest BCUT2D eigenvalue weighted by molar-refractivity contribution is 5.84. The smallest absolute Gasteiger partial charge is 0.200 e. The molecule has 3 aromatic heterocycles. The number of aromatic nitrogens is 5. The Morgan fingerprint density at radius 1 is 1.21 bits per heavy atom. The fraction of sp³-hybridized carbons (Fsp3) is 0.333. The van der Waals surface area contributed by atoms with Crippen molar-refractivity contribution in [1.29, 1.82) is 0 Å². The minimum atomic E-state index is 0.175. The Morgan fingerprint density at radius 2 is 2.07 bits per heavy atom. The largest absolute Gasteiger partial charge is 0.376 e. The van der Waals surface area contributed by atoms with Gasteiger partial charge in [0.1, 0.15) is 11.5 Å². The van der Waals surface area contributed by atoms with Gasteiger partial charge in [0.15, 0.2) is 17.3 Å². The van der Waals surface area contributed by atoms with Crippen LogP contribution in [0.5, 0.6) is 0 Å². The Bertz CT molecular complexity index is 1150. The summed E-state index contributed by atoms with van der Waals surface area (Å²) in [6.45, 7) is 5.40. The highest BCUT2D eigenvalue weighted by Crippen LogP contribution is 2.31. The lowest BCUT2D eigenvalue weighted by molar-refractivity contribution is 0.103. The molecule has 4 aromatic rings. The molecule has 1 aliphatic rings. The number of ether oxygens (including phenoxy) is 1. The van der Waals surface area contributed by atoms with Crippen molar-refractivity contribution >= 4 is 10.8 Å². The lowest BCUT2D eigenvalue weighted by Crippen LogP contribution is -2.11. The summed E-state index contributed by atoms with van der Waals surface area (Å²) in [4.78, 5) is 9.40. The molecular weight excluding hydrogens is 354 g/mol. The highest BCUT2D eigenvalue weighted by Gasteiger charge is 2.27. The summed E-state index contributed by atoms with van der Waals surface area (Å²) in [5, 5.41) is 11.3. The molecule has 1 unspecified atom stereocenters. The Morgan fingerprint density at radius 3 is 2.93 bits per heavy atom. The molecule has 1 aliphatic heterocycles. The van der Waals surface area contributed by atoms with Gasteiger partial charge in [-0.3, -0.25) is 4.98 Å². The summed E-state index contributed by atoms with van der Waals surface area (Å²) in [7, 11) is 0. The predicted molar refractivity (Wildman–Crippen MR) is 105 cm³/mol. The maximum atomic E-state index is 5.61. The van der Waals surface area contributed by atoms with Crippen LogP contribution in [-0.2, 0) is 17.8 Å². The lowest BCUT2D eigenvalue weighted by atomic mass is 10.1. The van der Waals surface area contributed by atoms with Crippen molar-refractivity contribution < 1.29 is 9.26 Å². The molecule has 7 nitrogen and oxygen atoms in total. The molecule has 142 valence electrons. The number of hydrogen-bond donors (Lipinski definition) is 0. The van der Waals surface area contributed by atoms with Crippen LogP contribution in [0.4, 0.5) is 0 Å². The van der Waals surface area contributed by atoms with E-state index in [9.17, 15) is 0 Å². The summed E-state index contributed by atoms with van der Waals surface area (Å²) >= 11 is 0. The van der Waals surface area contributed by atoms with Crippen LogP contribution in [0.25, 0.3) is 33.8 Å². The SMILES string of the molecule is CCC(C)n1nc(-c2cc3ccccc3cn2)nc1-c1noc2c1COCC2. The van der Waals surface area contributed by atoms with Crippen LogP contribution in [0.15, 0.2) is 41.1 Å². The van der Waals surface area contributed by atoms with Crippen LogP contribution < -0.4 is 0 Å². The lowest BCUT2D eigenvalue weighted by Gasteiger charge is -2.13. The van der Waals surface area contributed by atoms with Gasteiger partial charge in [-0.05, 0) is 24.8 Å². The summed E-state index contributed by atoms with van der Waals surface area (Å²) < 4.78 is 13.1. The highest BCUT2D eigenvalue weighted by atomic mass is 16.5. The van der Waals surface area contributed by atoms with Gasteiger partial charge in [-0.15, -0.1) is 5.10 Å². The van der Waals surface area contributed by atoms with Crippen molar-refractivity contribution in [1.82, 2.24) is 24.9 Å². The number of rotatable bonds is 4. The molecule has 0 amide bonds. The van der Waals surface area contributed by atoms with Crippen LogP contribution in [0.3, 0.4) is 0 Å². The first-order valence-corrected chi connectivity index (χ1v) is 9.62. The average Bonchev–Trinajstić information content (AvgIpc) is 3.37. The topological polar surface area (TPSA) is 78.9 Å². The first kappa shape index (κ1) is 17.1. The van der Waals surface area contributed by atoms with Gasteiger partial charge in [-0.1, -0.05) is 36.3 Å². The fourth-order valence-electron chi connectivity index (χ4n) is 3.48. The number of hydrogen-bond acceptors (Lipinski definition) is 6. The number of pyridine rings is 1. The number of benzene rings is 1. The Balaban J connectivity index is 1.65. The second-order valence-electron chi connectivity index (χ2n) is 7.11. The molecule has 0 saturated heterocycles. The van der Waals surface area contributed by atoms with Gasteiger partial charge < -0.3 is 9.26 Å². The van der Waals surface area contributed by atoms with Gasteiger partial charge >= 0.3 is 0 Å². The monoisotopic (exact) mass is 375 g/mol. The quantitative estimate of drug-likeness (QED) is 0.532. The van der Waals surface area contributed by atoms with E-state index >= 15 is 0 Å². The molecule has 7 heteroatoms. The van der Waals surface area contributed by atoms with E-state index in [4.69, 9.17) is 19.3 Å². The minimum absolute atomic E-state index is 0.175. The fourth-order valence-corrected chi connectivity index (χ4v) is 3.48. The van der Waals surface area contributed by atoms with Crippen LogP contribution in [-0.4, -0.2) is 31.5 Å². The molecular formula is C21H21N5O2. The van der Waals surface area contributed by atoms with Crippen molar-refractivity contribution in [2.45, 2.75) is 39.3 Å². The molecule has 28 heavy (non-hydrogen) atoms. The van der Waals surface area contributed by atoms with E-state index in [0.29, 0.717) is 24.9 Å². The molecule has 1 atom stereocenters. The van der Waals surface area contributed by atoms with Crippen molar-refractivity contribution in [2.75, 3.05) is 6.61 Å². The van der Waals surface area contributed by atoms with E-state index in [1.807, 2.05) is 35.1 Å². The third-order valence-electron chi connectivity index (χ3n) is 5.30. The van der Waals surface area contributed by atoms with Gasteiger partial charge in [0.05, 0.1) is 24.8 Å².